The fourth-order valence-corrected chi connectivity index (χ4v) is 3.24. The van der Waals surface area contributed by atoms with Crippen LogP contribution >= 0.6 is 0 Å². The van der Waals surface area contributed by atoms with Gasteiger partial charge in [-0.3, -0.25) is 4.98 Å². The predicted octanol–water partition coefficient (Wildman–Crippen LogP) is 2.23. The molecule has 120 valence electrons. The molecule has 23 heavy (non-hydrogen) atoms. The Balaban J connectivity index is 1.62. The maximum Gasteiger partial charge on any atom is 0.242 e. The molecule has 1 atom stereocenters. The number of para-hydroxylation sites is 1. The first-order valence-corrected chi connectivity index (χ1v) is 8.61. The molecule has 0 unspecified atom stereocenters. The minimum atomic E-state index is -3.62. The molecule has 0 aliphatic heterocycles. The first-order valence-electron chi connectivity index (χ1n) is 7.12. The van der Waals surface area contributed by atoms with Crippen molar-refractivity contribution in [2.24, 2.45) is 0 Å². The van der Waals surface area contributed by atoms with Crippen LogP contribution in [-0.4, -0.2) is 25.1 Å². The minimum absolute atomic E-state index is 0.0927. The zero-order valence-corrected chi connectivity index (χ0v) is 13.0. The number of nitrogens with zero attached hydrogens (tertiary/aromatic N) is 1. The van der Waals surface area contributed by atoms with E-state index in [0.29, 0.717) is 11.3 Å². The number of sulfonamides is 1. The predicted molar refractivity (Wildman–Crippen MR) is 85.2 cm³/mol. The van der Waals surface area contributed by atoms with Gasteiger partial charge in [-0.1, -0.05) is 18.2 Å². The first kappa shape index (κ1) is 15.7. The summed E-state index contributed by atoms with van der Waals surface area (Å²) < 4.78 is 32.1. The van der Waals surface area contributed by atoms with Crippen molar-refractivity contribution in [2.75, 3.05) is 6.54 Å². The molecule has 0 bridgehead atoms. The van der Waals surface area contributed by atoms with Crippen LogP contribution in [-0.2, 0) is 10.0 Å². The quantitative estimate of drug-likeness (QED) is 0.722. The van der Waals surface area contributed by atoms with Gasteiger partial charge in [0.2, 0.25) is 10.0 Å². The zero-order chi connectivity index (χ0) is 16.3. The molecule has 0 amide bonds. The zero-order valence-electron chi connectivity index (χ0n) is 12.2. The largest absolute Gasteiger partial charge is 0.458 e. The molecular weight excluding hydrogens is 316 g/mol. The Labute approximate surface area is 133 Å². The van der Waals surface area contributed by atoms with Crippen molar-refractivity contribution in [2.45, 2.75) is 17.4 Å². The molecule has 7 heteroatoms. The van der Waals surface area contributed by atoms with Gasteiger partial charge < -0.3 is 9.52 Å². The summed E-state index contributed by atoms with van der Waals surface area (Å²) in [6, 6.07) is 12.2. The van der Waals surface area contributed by atoms with E-state index < -0.39 is 16.1 Å². The van der Waals surface area contributed by atoms with Gasteiger partial charge in [-0.2, -0.15) is 0 Å². The molecule has 0 aliphatic rings. The van der Waals surface area contributed by atoms with E-state index in [1.54, 1.807) is 12.1 Å². The lowest BCUT2D eigenvalue weighted by atomic mass is 10.2. The maximum absolute atomic E-state index is 12.0. The van der Waals surface area contributed by atoms with Gasteiger partial charge in [0.05, 0.1) is 0 Å². The molecule has 0 aliphatic carbocycles. The number of furan rings is 1. The summed E-state index contributed by atoms with van der Waals surface area (Å²) in [5.41, 5.74) is 0.692. The van der Waals surface area contributed by atoms with Gasteiger partial charge in [0.25, 0.3) is 0 Å². The van der Waals surface area contributed by atoms with E-state index in [2.05, 4.69) is 9.71 Å². The second-order valence-corrected chi connectivity index (χ2v) is 6.84. The number of pyridine rings is 1. The third-order valence-corrected chi connectivity index (χ3v) is 4.87. The summed E-state index contributed by atoms with van der Waals surface area (Å²) in [6.45, 7) is 0.0927. The Bertz CT molecular complexity index is 858. The lowest BCUT2D eigenvalue weighted by Crippen LogP contribution is -2.26. The molecule has 0 saturated heterocycles. The molecule has 2 aromatic heterocycles. The number of benzene rings is 1. The number of hydrogen-bond acceptors (Lipinski definition) is 5. The van der Waals surface area contributed by atoms with Crippen LogP contribution < -0.4 is 4.72 Å². The van der Waals surface area contributed by atoms with E-state index in [4.69, 9.17) is 4.42 Å². The van der Waals surface area contributed by atoms with E-state index in [9.17, 15) is 13.5 Å². The fourth-order valence-electron chi connectivity index (χ4n) is 2.23. The highest BCUT2D eigenvalue weighted by atomic mass is 32.2. The molecule has 3 aromatic rings. The van der Waals surface area contributed by atoms with Crippen molar-refractivity contribution in [3.05, 3.63) is 60.6 Å². The first-order chi connectivity index (χ1) is 11.1. The van der Waals surface area contributed by atoms with E-state index in [1.165, 1.54) is 18.5 Å². The number of aliphatic hydroxyl groups is 1. The van der Waals surface area contributed by atoms with Gasteiger partial charge >= 0.3 is 0 Å². The number of hydrogen-bond donors (Lipinski definition) is 2. The maximum atomic E-state index is 12.0. The van der Waals surface area contributed by atoms with Gasteiger partial charge in [-0.15, -0.1) is 0 Å². The van der Waals surface area contributed by atoms with Crippen molar-refractivity contribution in [3.8, 4) is 0 Å². The number of aliphatic hydroxyl groups excluding tert-OH is 1. The lowest BCUT2D eigenvalue weighted by Gasteiger charge is -2.09. The Kier molecular flexibility index (Phi) is 4.42. The van der Waals surface area contributed by atoms with Crippen molar-refractivity contribution < 1.29 is 17.9 Å². The molecule has 2 heterocycles. The Morgan fingerprint density at radius 1 is 1.22 bits per heavy atom. The smallest absolute Gasteiger partial charge is 0.242 e. The molecule has 3 rings (SSSR count). The van der Waals surface area contributed by atoms with Crippen LogP contribution in [0.2, 0.25) is 0 Å². The van der Waals surface area contributed by atoms with E-state index in [-0.39, 0.29) is 17.9 Å². The van der Waals surface area contributed by atoms with Gasteiger partial charge in [0, 0.05) is 24.3 Å². The van der Waals surface area contributed by atoms with Gasteiger partial charge in [-0.25, -0.2) is 13.1 Å². The van der Waals surface area contributed by atoms with Crippen LogP contribution in [0.15, 0.2) is 64.2 Å². The summed E-state index contributed by atoms with van der Waals surface area (Å²) >= 11 is 0. The third kappa shape index (κ3) is 3.58. The molecule has 6 nitrogen and oxygen atoms in total. The Morgan fingerprint density at radius 2 is 2.04 bits per heavy atom. The number of nitrogens with one attached hydrogen (secondary N) is 1. The van der Waals surface area contributed by atoms with Gasteiger partial charge in [0.1, 0.15) is 22.3 Å². The average molecular weight is 332 g/mol. The molecule has 2 N–H and O–H groups in total. The van der Waals surface area contributed by atoms with Crippen LogP contribution in [0.5, 0.6) is 0 Å². The minimum Gasteiger partial charge on any atom is -0.458 e. The molecule has 0 spiro atoms. The second-order valence-electron chi connectivity index (χ2n) is 5.08. The highest BCUT2D eigenvalue weighted by molar-refractivity contribution is 7.89. The van der Waals surface area contributed by atoms with E-state index >= 15 is 0 Å². The monoisotopic (exact) mass is 332 g/mol. The average Bonchev–Trinajstić information content (AvgIpc) is 2.99. The normalized spacial score (nSPS) is 13.3. The molecule has 0 fully saturated rings. The highest BCUT2D eigenvalue weighted by Crippen LogP contribution is 2.25. The highest BCUT2D eigenvalue weighted by Gasteiger charge is 2.17. The third-order valence-electron chi connectivity index (χ3n) is 3.43. The molecule has 0 saturated carbocycles. The summed E-state index contributed by atoms with van der Waals surface area (Å²) in [7, 11) is -3.62. The van der Waals surface area contributed by atoms with Crippen molar-refractivity contribution in [1.29, 1.82) is 0 Å². The molecule has 0 radical (unpaired) electrons. The van der Waals surface area contributed by atoms with Crippen LogP contribution in [0.25, 0.3) is 11.0 Å². The SMILES string of the molecule is O=S(=O)(NCC[C@@H](O)c1cc2ccccc2o1)c1cccnc1. The summed E-state index contributed by atoms with van der Waals surface area (Å²) in [4.78, 5) is 3.88. The topological polar surface area (TPSA) is 92.4 Å². The number of aromatic nitrogens is 1. The molecule has 1 aromatic carbocycles. The van der Waals surface area contributed by atoms with Gasteiger partial charge in [0.15, 0.2) is 0 Å². The Morgan fingerprint density at radius 3 is 2.78 bits per heavy atom. The van der Waals surface area contributed by atoms with E-state index in [0.717, 1.165) is 5.39 Å². The van der Waals surface area contributed by atoms with Crippen molar-refractivity contribution in [1.82, 2.24) is 9.71 Å². The van der Waals surface area contributed by atoms with E-state index in [1.807, 2.05) is 24.3 Å². The second kappa shape index (κ2) is 6.49. The van der Waals surface area contributed by atoms with Crippen LogP contribution in [0.4, 0.5) is 0 Å². The summed E-state index contributed by atoms with van der Waals surface area (Å²) in [6.07, 6.45) is 2.11. The lowest BCUT2D eigenvalue weighted by molar-refractivity contribution is 0.144. The van der Waals surface area contributed by atoms with Crippen LogP contribution in [0, 0.1) is 0 Å². The van der Waals surface area contributed by atoms with Crippen LogP contribution in [0.3, 0.4) is 0 Å². The van der Waals surface area contributed by atoms with Crippen molar-refractivity contribution in [3.63, 3.8) is 0 Å². The number of rotatable bonds is 6. The number of fused-ring (bicyclic) bond motifs is 1. The van der Waals surface area contributed by atoms with Gasteiger partial charge in [-0.05, 0) is 30.7 Å². The van der Waals surface area contributed by atoms with Crippen molar-refractivity contribution >= 4 is 21.0 Å². The van der Waals surface area contributed by atoms with Crippen LogP contribution in [0.1, 0.15) is 18.3 Å². The Hall–Kier alpha value is -2.22. The molecular formula is C16H16N2O4S. The summed E-state index contributed by atoms with van der Waals surface area (Å²) in [5.74, 6) is 0.423. The fraction of sp³-hybridized carbons (Fsp3) is 0.188. The standard InChI is InChI=1S/C16H16N2O4S/c19-14(16-10-12-4-1-2-6-15(12)22-16)7-9-18-23(20,21)13-5-3-8-17-11-13/h1-6,8,10-11,14,18-19H,7,9H2/t14-/m1/s1. The summed E-state index contributed by atoms with van der Waals surface area (Å²) in [5, 5.41) is 11.0.